The largest absolute Gasteiger partial charge is 0.449 e. The first-order valence-corrected chi connectivity index (χ1v) is 7.31. The highest BCUT2D eigenvalue weighted by Gasteiger charge is 2.24. The molecule has 3 rings (SSSR count). The van der Waals surface area contributed by atoms with Gasteiger partial charge in [0.15, 0.2) is 0 Å². The minimum Gasteiger partial charge on any atom is -0.449 e. The Kier molecular flexibility index (Phi) is 3.90. The molecule has 0 radical (unpaired) electrons. The van der Waals surface area contributed by atoms with Crippen LogP contribution in [0.5, 0.6) is 0 Å². The van der Waals surface area contributed by atoms with Crippen LogP contribution in [0, 0.1) is 0 Å². The van der Waals surface area contributed by atoms with Crippen molar-refractivity contribution in [1.82, 2.24) is 14.7 Å². The van der Waals surface area contributed by atoms with Crippen LogP contribution in [-0.4, -0.2) is 27.4 Å². The van der Waals surface area contributed by atoms with Gasteiger partial charge in [-0.2, -0.15) is 5.10 Å². The monoisotopic (exact) mass is 285 g/mol. The van der Waals surface area contributed by atoms with E-state index in [1.54, 1.807) is 11.1 Å². The highest BCUT2D eigenvalue weighted by molar-refractivity contribution is 5.69. The molecule has 0 spiro atoms. The Labute approximate surface area is 124 Å². The average Bonchev–Trinajstić information content (AvgIpc) is 3.15. The molecule has 21 heavy (non-hydrogen) atoms. The molecule has 2 heterocycles. The zero-order chi connectivity index (χ0) is 14.7. The van der Waals surface area contributed by atoms with Gasteiger partial charge in [0, 0.05) is 25.5 Å². The molecule has 1 aliphatic rings. The summed E-state index contributed by atoms with van der Waals surface area (Å²) in [7, 11) is 0. The SMILES string of the molecule is CCCCOC(=O)N1Cc2ccc(-n3cccn3)cc2C1. The molecule has 1 aromatic heterocycles. The number of fused-ring (bicyclic) bond motifs is 1. The van der Waals surface area contributed by atoms with Crippen molar-refractivity contribution in [1.29, 1.82) is 0 Å². The summed E-state index contributed by atoms with van der Waals surface area (Å²) >= 11 is 0. The number of unbranched alkanes of at least 4 members (excludes halogenated alkanes) is 1. The Bertz CT molecular complexity index is 622. The van der Waals surface area contributed by atoms with Crippen molar-refractivity contribution in [2.75, 3.05) is 6.61 Å². The Morgan fingerprint density at radius 1 is 1.33 bits per heavy atom. The zero-order valence-electron chi connectivity index (χ0n) is 12.2. The summed E-state index contributed by atoms with van der Waals surface area (Å²) < 4.78 is 7.09. The van der Waals surface area contributed by atoms with Crippen LogP contribution in [0.2, 0.25) is 0 Å². The van der Waals surface area contributed by atoms with Gasteiger partial charge in [0.25, 0.3) is 0 Å². The van der Waals surface area contributed by atoms with Crippen molar-refractivity contribution < 1.29 is 9.53 Å². The van der Waals surface area contributed by atoms with E-state index in [-0.39, 0.29) is 6.09 Å². The van der Waals surface area contributed by atoms with Crippen LogP contribution in [0.4, 0.5) is 4.79 Å². The van der Waals surface area contributed by atoms with E-state index < -0.39 is 0 Å². The third-order valence-corrected chi connectivity index (χ3v) is 3.66. The molecule has 1 amide bonds. The van der Waals surface area contributed by atoms with Crippen LogP contribution >= 0.6 is 0 Å². The lowest BCUT2D eigenvalue weighted by molar-refractivity contribution is 0.100. The van der Waals surface area contributed by atoms with E-state index in [9.17, 15) is 4.79 Å². The van der Waals surface area contributed by atoms with E-state index in [0.717, 1.165) is 24.1 Å². The average molecular weight is 285 g/mol. The van der Waals surface area contributed by atoms with Crippen molar-refractivity contribution >= 4 is 6.09 Å². The van der Waals surface area contributed by atoms with E-state index >= 15 is 0 Å². The maximum Gasteiger partial charge on any atom is 0.410 e. The molecule has 0 unspecified atom stereocenters. The highest BCUT2D eigenvalue weighted by atomic mass is 16.6. The van der Waals surface area contributed by atoms with Gasteiger partial charge in [-0.25, -0.2) is 9.48 Å². The third kappa shape index (κ3) is 2.91. The number of carbonyl (C=O) groups is 1. The van der Waals surface area contributed by atoms with Crippen LogP contribution in [-0.2, 0) is 17.8 Å². The number of nitrogens with zero attached hydrogens (tertiary/aromatic N) is 3. The van der Waals surface area contributed by atoms with Crippen molar-refractivity contribution in [2.45, 2.75) is 32.9 Å². The smallest absolute Gasteiger partial charge is 0.410 e. The molecule has 5 heteroatoms. The Morgan fingerprint density at radius 3 is 2.95 bits per heavy atom. The van der Waals surface area contributed by atoms with Gasteiger partial charge in [-0.05, 0) is 35.7 Å². The predicted octanol–water partition coefficient (Wildman–Crippen LogP) is 3.12. The normalized spacial score (nSPS) is 13.3. The van der Waals surface area contributed by atoms with E-state index in [1.807, 2.05) is 23.0 Å². The summed E-state index contributed by atoms with van der Waals surface area (Å²) in [6, 6.07) is 8.07. The summed E-state index contributed by atoms with van der Waals surface area (Å²) in [4.78, 5) is 13.7. The minimum absolute atomic E-state index is 0.222. The second-order valence-electron chi connectivity index (χ2n) is 5.23. The minimum atomic E-state index is -0.222. The fourth-order valence-corrected chi connectivity index (χ4v) is 2.47. The predicted molar refractivity (Wildman–Crippen MR) is 79.1 cm³/mol. The molecule has 0 saturated heterocycles. The first kappa shape index (κ1) is 13.7. The number of hydrogen-bond donors (Lipinski definition) is 0. The van der Waals surface area contributed by atoms with Gasteiger partial charge in [0.1, 0.15) is 0 Å². The number of hydrogen-bond acceptors (Lipinski definition) is 3. The van der Waals surface area contributed by atoms with Gasteiger partial charge >= 0.3 is 6.09 Å². The lowest BCUT2D eigenvalue weighted by atomic mass is 10.1. The van der Waals surface area contributed by atoms with E-state index in [2.05, 4.69) is 24.2 Å². The number of aromatic nitrogens is 2. The van der Waals surface area contributed by atoms with Crippen LogP contribution in [0.25, 0.3) is 5.69 Å². The van der Waals surface area contributed by atoms with E-state index in [0.29, 0.717) is 19.7 Å². The number of benzene rings is 1. The molecule has 0 bridgehead atoms. The lowest BCUT2D eigenvalue weighted by Crippen LogP contribution is -2.26. The standard InChI is InChI=1S/C16H19N3O2/c1-2-3-9-21-16(20)18-11-13-5-6-15(10-14(13)12-18)19-8-4-7-17-19/h4-8,10H,2-3,9,11-12H2,1H3. The summed E-state index contributed by atoms with van der Waals surface area (Å²) in [5, 5.41) is 4.23. The maximum atomic E-state index is 12.0. The molecule has 1 aliphatic heterocycles. The fourth-order valence-electron chi connectivity index (χ4n) is 2.47. The van der Waals surface area contributed by atoms with Gasteiger partial charge in [-0.1, -0.05) is 19.4 Å². The number of ether oxygens (including phenoxy) is 1. The second kappa shape index (κ2) is 5.99. The van der Waals surface area contributed by atoms with Crippen LogP contribution < -0.4 is 0 Å². The topological polar surface area (TPSA) is 47.4 Å². The van der Waals surface area contributed by atoms with Crippen LogP contribution in [0.1, 0.15) is 30.9 Å². The molecule has 0 saturated carbocycles. The van der Waals surface area contributed by atoms with Gasteiger partial charge < -0.3 is 4.74 Å². The van der Waals surface area contributed by atoms with E-state index in [4.69, 9.17) is 4.74 Å². The second-order valence-corrected chi connectivity index (χ2v) is 5.23. The Balaban J connectivity index is 1.68. The number of carbonyl (C=O) groups excluding carboxylic acids is 1. The molecule has 110 valence electrons. The molecular weight excluding hydrogens is 266 g/mol. The molecular formula is C16H19N3O2. The number of rotatable bonds is 4. The van der Waals surface area contributed by atoms with Crippen LogP contribution in [0.15, 0.2) is 36.7 Å². The van der Waals surface area contributed by atoms with Gasteiger partial charge in [-0.3, -0.25) is 4.90 Å². The fraction of sp³-hybridized carbons (Fsp3) is 0.375. The molecule has 0 aliphatic carbocycles. The Hall–Kier alpha value is -2.30. The molecule has 2 aromatic rings. The summed E-state index contributed by atoms with van der Waals surface area (Å²) in [6.45, 7) is 3.81. The quantitative estimate of drug-likeness (QED) is 0.811. The van der Waals surface area contributed by atoms with Crippen molar-refractivity contribution in [3.8, 4) is 5.69 Å². The van der Waals surface area contributed by atoms with Crippen molar-refractivity contribution in [2.24, 2.45) is 0 Å². The van der Waals surface area contributed by atoms with Crippen molar-refractivity contribution in [3.05, 3.63) is 47.8 Å². The zero-order valence-corrected chi connectivity index (χ0v) is 12.2. The maximum absolute atomic E-state index is 12.0. The van der Waals surface area contributed by atoms with Crippen molar-refractivity contribution in [3.63, 3.8) is 0 Å². The van der Waals surface area contributed by atoms with Gasteiger partial charge in [0.05, 0.1) is 12.3 Å². The van der Waals surface area contributed by atoms with Gasteiger partial charge in [0.2, 0.25) is 0 Å². The van der Waals surface area contributed by atoms with Crippen LogP contribution in [0.3, 0.4) is 0 Å². The van der Waals surface area contributed by atoms with Gasteiger partial charge in [-0.15, -0.1) is 0 Å². The molecule has 5 nitrogen and oxygen atoms in total. The molecule has 0 atom stereocenters. The first-order chi connectivity index (χ1) is 10.3. The lowest BCUT2D eigenvalue weighted by Gasteiger charge is -2.14. The number of amides is 1. The molecule has 1 aromatic carbocycles. The van der Waals surface area contributed by atoms with E-state index in [1.165, 1.54) is 5.56 Å². The Morgan fingerprint density at radius 2 is 2.19 bits per heavy atom. The first-order valence-electron chi connectivity index (χ1n) is 7.31. The molecule has 0 fully saturated rings. The summed E-state index contributed by atoms with van der Waals surface area (Å²) in [6.07, 6.45) is 5.38. The third-order valence-electron chi connectivity index (χ3n) is 3.66. The summed E-state index contributed by atoms with van der Waals surface area (Å²) in [5.41, 5.74) is 3.36. The summed E-state index contributed by atoms with van der Waals surface area (Å²) in [5.74, 6) is 0. The highest BCUT2D eigenvalue weighted by Crippen LogP contribution is 2.25. The molecule has 0 N–H and O–H groups in total.